The van der Waals surface area contributed by atoms with Gasteiger partial charge >= 0.3 is 12.1 Å². The molecule has 6 heteroatoms. The molecule has 160 valence electrons. The summed E-state index contributed by atoms with van der Waals surface area (Å²) in [5, 5.41) is 0. The first kappa shape index (κ1) is 21.6. The molecule has 0 spiro atoms. The molecular formula is C23H34N2O4. The first-order chi connectivity index (χ1) is 13.7. The van der Waals surface area contributed by atoms with Crippen molar-refractivity contribution in [3.8, 4) is 5.75 Å². The third-order valence-electron chi connectivity index (χ3n) is 5.54. The fraction of sp³-hybridized carbons (Fsp3) is 0.652. The molecule has 1 saturated carbocycles. The van der Waals surface area contributed by atoms with Crippen molar-refractivity contribution in [2.45, 2.75) is 65.5 Å². The molecular weight excluding hydrogens is 368 g/mol. The van der Waals surface area contributed by atoms with Crippen LogP contribution in [0.4, 0.5) is 4.79 Å². The number of carbonyl (C=O) groups excluding carboxylic acids is 2. The zero-order valence-corrected chi connectivity index (χ0v) is 18.2. The summed E-state index contributed by atoms with van der Waals surface area (Å²) in [4.78, 5) is 28.8. The van der Waals surface area contributed by atoms with Crippen molar-refractivity contribution in [2.24, 2.45) is 5.92 Å². The Bertz CT molecular complexity index is 727. The topological polar surface area (TPSA) is 59.1 Å². The number of nitrogens with zero attached hydrogens (tertiary/aromatic N) is 2. The largest absolute Gasteiger partial charge is 0.444 e. The van der Waals surface area contributed by atoms with Crippen molar-refractivity contribution in [2.75, 3.05) is 26.2 Å². The number of benzene rings is 1. The lowest BCUT2D eigenvalue weighted by Crippen LogP contribution is -2.49. The van der Waals surface area contributed by atoms with Crippen molar-refractivity contribution in [1.29, 1.82) is 0 Å². The molecule has 1 aliphatic carbocycles. The lowest BCUT2D eigenvalue weighted by molar-refractivity contribution is -0.138. The average Bonchev–Trinajstić information content (AvgIpc) is 3.18. The fourth-order valence-corrected chi connectivity index (χ4v) is 3.90. The molecule has 2 fully saturated rings. The zero-order chi connectivity index (χ0) is 21.0. The number of piperazine rings is 1. The van der Waals surface area contributed by atoms with E-state index in [2.05, 4.69) is 11.0 Å². The molecule has 0 N–H and O–H groups in total. The smallest absolute Gasteiger partial charge is 0.410 e. The van der Waals surface area contributed by atoms with E-state index in [9.17, 15) is 9.59 Å². The Labute approximate surface area is 174 Å². The van der Waals surface area contributed by atoms with E-state index < -0.39 is 5.60 Å². The van der Waals surface area contributed by atoms with Gasteiger partial charge in [-0.25, -0.2) is 4.79 Å². The van der Waals surface area contributed by atoms with E-state index in [0.717, 1.165) is 49.9 Å². The van der Waals surface area contributed by atoms with E-state index in [-0.39, 0.29) is 18.0 Å². The number of hydrogen-bond donors (Lipinski definition) is 0. The maximum absolute atomic E-state index is 12.5. The molecule has 1 aromatic rings. The van der Waals surface area contributed by atoms with Crippen LogP contribution in [0.3, 0.4) is 0 Å². The van der Waals surface area contributed by atoms with Crippen molar-refractivity contribution < 1.29 is 19.1 Å². The summed E-state index contributed by atoms with van der Waals surface area (Å²) in [5.41, 5.74) is 1.62. The Morgan fingerprint density at radius 3 is 2.34 bits per heavy atom. The monoisotopic (exact) mass is 402 g/mol. The molecule has 0 atom stereocenters. The van der Waals surface area contributed by atoms with E-state index in [1.54, 1.807) is 4.90 Å². The van der Waals surface area contributed by atoms with Gasteiger partial charge < -0.3 is 14.4 Å². The molecule has 6 nitrogen and oxygen atoms in total. The minimum Gasteiger partial charge on any atom is -0.444 e. The van der Waals surface area contributed by atoms with Crippen molar-refractivity contribution in [3.63, 3.8) is 0 Å². The number of amides is 1. The number of esters is 1. The minimum atomic E-state index is -0.478. The van der Waals surface area contributed by atoms with Crippen LogP contribution >= 0.6 is 0 Å². The Kier molecular flexibility index (Phi) is 6.83. The molecule has 1 amide bonds. The highest BCUT2D eigenvalue weighted by atomic mass is 16.6. The summed E-state index contributed by atoms with van der Waals surface area (Å²) in [6.07, 6.45) is 3.85. The van der Waals surface area contributed by atoms with E-state index in [1.807, 2.05) is 39.8 Å². The Morgan fingerprint density at radius 2 is 1.72 bits per heavy atom. The van der Waals surface area contributed by atoms with Gasteiger partial charge in [0.1, 0.15) is 11.4 Å². The molecule has 0 aromatic heterocycles. The Balaban J connectivity index is 1.58. The molecule has 0 radical (unpaired) electrons. The van der Waals surface area contributed by atoms with Gasteiger partial charge in [-0.1, -0.05) is 25.0 Å². The lowest BCUT2D eigenvalue weighted by atomic mass is 10.1. The van der Waals surface area contributed by atoms with E-state index >= 15 is 0 Å². The van der Waals surface area contributed by atoms with Gasteiger partial charge in [-0.3, -0.25) is 9.69 Å². The second kappa shape index (κ2) is 9.16. The zero-order valence-electron chi connectivity index (χ0n) is 18.2. The van der Waals surface area contributed by atoms with E-state index in [1.165, 1.54) is 0 Å². The minimum absolute atomic E-state index is 0.0423. The Hall–Kier alpha value is -2.08. The second-order valence-electron chi connectivity index (χ2n) is 9.26. The summed E-state index contributed by atoms with van der Waals surface area (Å²) in [6, 6.07) is 6.06. The molecule has 1 aliphatic heterocycles. The number of rotatable bonds is 4. The molecule has 29 heavy (non-hydrogen) atoms. The quantitative estimate of drug-likeness (QED) is 0.559. The van der Waals surface area contributed by atoms with Crippen molar-refractivity contribution in [1.82, 2.24) is 9.80 Å². The SMILES string of the molecule is Cc1ccc(CN2CCN(C(=O)OC(C)(C)C)CC2)c(OC(=O)C2CCCC2)c1. The maximum Gasteiger partial charge on any atom is 0.410 e. The van der Waals surface area contributed by atoms with Crippen LogP contribution in [0.1, 0.15) is 57.6 Å². The van der Waals surface area contributed by atoms with Gasteiger partial charge in [0.05, 0.1) is 5.92 Å². The highest BCUT2D eigenvalue weighted by Crippen LogP contribution is 2.29. The molecule has 2 aliphatic rings. The molecule has 1 heterocycles. The van der Waals surface area contributed by atoms with Crippen LogP contribution in [0, 0.1) is 12.8 Å². The van der Waals surface area contributed by atoms with Gasteiger partial charge in [-0.05, 0) is 52.2 Å². The van der Waals surface area contributed by atoms with Gasteiger partial charge in [-0.15, -0.1) is 0 Å². The van der Waals surface area contributed by atoms with E-state index in [0.29, 0.717) is 25.4 Å². The number of carbonyl (C=O) groups is 2. The fourth-order valence-electron chi connectivity index (χ4n) is 3.90. The van der Waals surface area contributed by atoms with E-state index in [4.69, 9.17) is 9.47 Å². The number of hydrogen-bond acceptors (Lipinski definition) is 5. The number of aryl methyl sites for hydroxylation is 1. The van der Waals surface area contributed by atoms with Gasteiger partial charge in [0.15, 0.2) is 0 Å². The average molecular weight is 403 g/mol. The predicted molar refractivity (Wildman–Crippen MR) is 112 cm³/mol. The van der Waals surface area contributed by atoms with Crippen LogP contribution < -0.4 is 4.74 Å². The summed E-state index contributed by atoms with van der Waals surface area (Å²) in [5.74, 6) is 0.626. The third kappa shape index (κ3) is 6.20. The van der Waals surface area contributed by atoms with Gasteiger partial charge in [0.2, 0.25) is 0 Å². The third-order valence-corrected chi connectivity index (χ3v) is 5.54. The highest BCUT2D eigenvalue weighted by Gasteiger charge is 2.28. The van der Waals surface area contributed by atoms with Crippen LogP contribution in [0.15, 0.2) is 18.2 Å². The predicted octanol–water partition coefficient (Wildman–Crippen LogP) is 4.14. The van der Waals surface area contributed by atoms with Crippen LogP contribution in [-0.2, 0) is 16.1 Å². The molecule has 1 aromatic carbocycles. The normalized spacial score (nSPS) is 18.7. The second-order valence-corrected chi connectivity index (χ2v) is 9.26. The highest BCUT2D eigenvalue weighted by molar-refractivity contribution is 5.75. The Morgan fingerprint density at radius 1 is 1.07 bits per heavy atom. The van der Waals surface area contributed by atoms with Crippen LogP contribution in [0.5, 0.6) is 5.75 Å². The van der Waals surface area contributed by atoms with Crippen LogP contribution in [-0.4, -0.2) is 53.6 Å². The first-order valence-corrected chi connectivity index (χ1v) is 10.7. The van der Waals surface area contributed by atoms with Crippen LogP contribution in [0.2, 0.25) is 0 Å². The summed E-state index contributed by atoms with van der Waals surface area (Å²) < 4.78 is 11.3. The summed E-state index contributed by atoms with van der Waals surface area (Å²) >= 11 is 0. The lowest BCUT2D eigenvalue weighted by Gasteiger charge is -2.35. The van der Waals surface area contributed by atoms with Crippen LogP contribution in [0.25, 0.3) is 0 Å². The summed E-state index contributed by atoms with van der Waals surface area (Å²) in [6.45, 7) is 11.2. The van der Waals surface area contributed by atoms with Crippen molar-refractivity contribution >= 4 is 12.1 Å². The first-order valence-electron chi connectivity index (χ1n) is 10.7. The molecule has 0 bridgehead atoms. The van der Waals surface area contributed by atoms with Gasteiger partial charge in [-0.2, -0.15) is 0 Å². The maximum atomic E-state index is 12.5. The van der Waals surface area contributed by atoms with Gasteiger partial charge in [0.25, 0.3) is 0 Å². The molecule has 0 unspecified atom stereocenters. The summed E-state index contributed by atoms with van der Waals surface area (Å²) in [7, 11) is 0. The molecule has 1 saturated heterocycles. The standard InChI is InChI=1S/C23H34N2O4/c1-17-9-10-19(20(15-17)28-21(26)18-7-5-6-8-18)16-24-11-13-25(14-12-24)22(27)29-23(2,3)4/h9-10,15,18H,5-8,11-14,16H2,1-4H3. The molecule has 3 rings (SSSR count). The van der Waals surface area contributed by atoms with Crippen molar-refractivity contribution in [3.05, 3.63) is 29.3 Å². The number of ether oxygens (including phenoxy) is 2. The van der Waals surface area contributed by atoms with Gasteiger partial charge in [0, 0.05) is 38.3 Å².